The number of hydrogen-bond acceptors (Lipinski definition) is 4. The lowest BCUT2D eigenvalue weighted by Gasteiger charge is -2.30. The van der Waals surface area contributed by atoms with Crippen molar-refractivity contribution in [2.75, 3.05) is 39.5 Å². The maximum Gasteiger partial charge on any atom is 0.211 e. The van der Waals surface area contributed by atoms with Crippen LogP contribution in [0.5, 0.6) is 0 Å². The minimum Gasteiger partial charge on any atom is -0.356 e. The Labute approximate surface area is 180 Å². The third-order valence-corrected chi connectivity index (χ3v) is 6.07. The van der Waals surface area contributed by atoms with E-state index in [0.717, 1.165) is 50.6 Å². The summed E-state index contributed by atoms with van der Waals surface area (Å²) in [7, 11) is -1.29. The summed E-state index contributed by atoms with van der Waals surface area (Å²) in [5.41, 5.74) is 2.24. The summed E-state index contributed by atoms with van der Waals surface area (Å²) < 4.78 is 26.7. The normalized spacial score (nSPS) is 16.8. The molecule has 2 heterocycles. The molecule has 0 saturated carbocycles. The molecule has 0 radical (unpaired) electrons. The number of aliphatic imine (C=N–C) groups is 1. The molecule has 0 atom stereocenters. The first-order chi connectivity index (χ1) is 12.3. The van der Waals surface area contributed by atoms with Crippen LogP contribution in [0, 0.1) is 19.8 Å². The number of piperidine rings is 1. The number of aryl methyl sites for hydroxylation is 3. The van der Waals surface area contributed by atoms with Gasteiger partial charge in [0.15, 0.2) is 5.96 Å². The lowest BCUT2D eigenvalue weighted by Crippen LogP contribution is -2.44. The molecule has 0 amide bonds. The highest BCUT2D eigenvalue weighted by Crippen LogP contribution is 2.18. The van der Waals surface area contributed by atoms with Crippen LogP contribution in [0.4, 0.5) is 0 Å². The van der Waals surface area contributed by atoms with Gasteiger partial charge in [-0.2, -0.15) is 5.10 Å². The van der Waals surface area contributed by atoms with Gasteiger partial charge >= 0.3 is 0 Å². The summed E-state index contributed by atoms with van der Waals surface area (Å²) in [6.07, 6.45) is 4.02. The van der Waals surface area contributed by atoms with Crippen molar-refractivity contribution >= 4 is 40.0 Å². The number of rotatable bonds is 7. The van der Waals surface area contributed by atoms with Crippen LogP contribution < -0.4 is 10.6 Å². The molecule has 2 rings (SSSR count). The summed E-state index contributed by atoms with van der Waals surface area (Å²) in [6, 6.07) is 2.09. The van der Waals surface area contributed by atoms with E-state index in [0.29, 0.717) is 19.0 Å². The Kier molecular flexibility index (Phi) is 10.0. The van der Waals surface area contributed by atoms with Gasteiger partial charge in [-0.15, -0.1) is 24.0 Å². The van der Waals surface area contributed by atoms with Gasteiger partial charge in [-0.05, 0) is 45.1 Å². The molecule has 1 saturated heterocycles. The Balaban J connectivity index is 0.00000364. The van der Waals surface area contributed by atoms with E-state index in [9.17, 15) is 8.42 Å². The minimum absolute atomic E-state index is 0. The van der Waals surface area contributed by atoms with Gasteiger partial charge in [0.1, 0.15) is 0 Å². The predicted octanol–water partition coefficient (Wildman–Crippen LogP) is 1.34. The second-order valence-corrected chi connectivity index (χ2v) is 8.97. The molecular weight excluding hydrogens is 479 g/mol. The molecule has 0 aliphatic carbocycles. The van der Waals surface area contributed by atoms with E-state index in [2.05, 4.69) is 33.7 Å². The van der Waals surface area contributed by atoms with Gasteiger partial charge in [0.2, 0.25) is 10.0 Å². The van der Waals surface area contributed by atoms with Gasteiger partial charge in [-0.3, -0.25) is 9.67 Å². The smallest absolute Gasteiger partial charge is 0.211 e. The number of aromatic nitrogens is 2. The molecule has 156 valence electrons. The van der Waals surface area contributed by atoms with Gasteiger partial charge in [0, 0.05) is 45.5 Å². The van der Waals surface area contributed by atoms with Crippen LogP contribution in [0.25, 0.3) is 0 Å². The molecule has 0 bridgehead atoms. The number of hydrogen-bond donors (Lipinski definition) is 2. The number of guanidine groups is 1. The fourth-order valence-electron chi connectivity index (χ4n) is 3.24. The first kappa shape index (κ1) is 24.2. The van der Waals surface area contributed by atoms with Crippen molar-refractivity contribution in [3.8, 4) is 0 Å². The molecule has 1 aliphatic heterocycles. The summed E-state index contributed by atoms with van der Waals surface area (Å²) in [4.78, 5) is 4.26. The number of nitrogens with one attached hydrogen (secondary N) is 2. The average Bonchev–Trinajstić information content (AvgIpc) is 2.91. The first-order valence-corrected chi connectivity index (χ1v) is 11.0. The van der Waals surface area contributed by atoms with E-state index < -0.39 is 10.0 Å². The molecule has 8 nitrogen and oxygen atoms in total. The first-order valence-electron chi connectivity index (χ1n) is 9.20. The maximum absolute atomic E-state index is 11.6. The second-order valence-electron chi connectivity index (χ2n) is 6.99. The lowest BCUT2D eigenvalue weighted by molar-refractivity contribution is 0.275. The van der Waals surface area contributed by atoms with Crippen molar-refractivity contribution in [3.05, 3.63) is 17.5 Å². The van der Waals surface area contributed by atoms with Crippen molar-refractivity contribution in [2.45, 2.75) is 39.7 Å². The highest BCUT2D eigenvalue weighted by atomic mass is 127. The number of nitrogens with zero attached hydrogens (tertiary/aromatic N) is 4. The second kappa shape index (κ2) is 11.2. The molecule has 1 aromatic rings. The number of sulfonamides is 1. The topological polar surface area (TPSA) is 91.6 Å². The van der Waals surface area contributed by atoms with E-state index in [1.807, 2.05) is 11.6 Å². The van der Waals surface area contributed by atoms with E-state index >= 15 is 0 Å². The summed E-state index contributed by atoms with van der Waals surface area (Å²) in [5.74, 6) is 1.27. The fraction of sp³-hybridized carbons (Fsp3) is 0.765. The van der Waals surface area contributed by atoms with Crippen molar-refractivity contribution < 1.29 is 8.42 Å². The molecular formula is C17H33IN6O2S. The Morgan fingerprint density at radius 2 is 1.96 bits per heavy atom. The summed E-state index contributed by atoms with van der Waals surface area (Å²) in [5, 5.41) is 11.1. The van der Waals surface area contributed by atoms with Crippen LogP contribution in [-0.4, -0.2) is 67.9 Å². The third-order valence-electron chi connectivity index (χ3n) is 4.77. The summed E-state index contributed by atoms with van der Waals surface area (Å²) in [6.45, 7) is 7.82. The molecule has 1 fully saturated rings. The highest BCUT2D eigenvalue weighted by Gasteiger charge is 2.24. The van der Waals surface area contributed by atoms with Crippen molar-refractivity contribution in [1.29, 1.82) is 0 Å². The fourth-order valence-corrected chi connectivity index (χ4v) is 4.12. The van der Waals surface area contributed by atoms with Crippen LogP contribution in [0.3, 0.4) is 0 Å². The van der Waals surface area contributed by atoms with Crippen LogP contribution >= 0.6 is 24.0 Å². The molecule has 0 spiro atoms. The average molecular weight is 512 g/mol. The molecule has 1 aliphatic rings. The Hall–Kier alpha value is -0.880. The molecule has 0 aromatic carbocycles. The molecule has 10 heteroatoms. The Bertz CT molecular complexity index is 711. The number of halogens is 1. The largest absolute Gasteiger partial charge is 0.356 e. The zero-order valence-electron chi connectivity index (χ0n) is 16.7. The Morgan fingerprint density at radius 3 is 2.48 bits per heavy atom. The molecule has 0 unspecified atom stereocenters. The minimum atomic E-state index is -3.05. The van der Waals surface area contributed by atoms with Crippen LogP contribution in [-0.2, 0) is 16.6 Å². The van der Waals surface area contributed by atoms with Crippen LogP contribution in [0.1, 0.15) is 30.7 Å². The standard InChI is InChI=1S/C17H32N6O2S.HI/c1-14-12-15(2)23(21-14)9-5-8-19-17(18-3)20-13-16-6-10-22(11-7-16)26(4,24)25;/h12,16H,5-11,13H2,1-4H3,(H2,18,19,20);1H. The van der Waals surface area contributed by atoms with Crippen molar-refractivity contribution in [2.24, 2.45) is 10.9 Å². The third kappa shape index (κ3) is 7.94. The monoisotopic (exact) mass is 512 g/mol. The zero-order chi connectivity index (χ0) is 19.2. The van der Waals surface area contributed by atoms with E-state index in [4.69, 9.17) is 0 Å². The van der Waals surface area contributed by atoms with Crippen LogP contribution in [0.15, 0.2) is 11.1 Å². The lowest BCUT2D eigenvalue weighted by atomic mass is 9.98. The van der Waals surface area contributed by atoms with Gasteiger partial charge < -0.3 is 10.6 Å². The zero-order valence-corrected chi connectivity index (χ0v) is 19.9. The molecule has 2 N–H and O–H groups in total. The van der Waals surface area contributed by atoms with E-state index in [1.165, 1.54) is 11.9 Å². The van der Waals surface area contributed by atoms with Gasteiger partial charge in [0.25, 0.3) is 0 Å². The Morgan fingerprint density at radius 1 is 1.30 bits per heavy atom. The van der Waals surface area contributed by atoms with E-state index in [1.54, 1.807) is 11.4 Å². The quantitative estimate of drug-likeness (QED) is 0.249. The van der Waals surface area contributed by atoms with Crippen molar-refractivity contribution in [1.82, 2.24) is 24.7 Å². The van der Waals surface area contributed by atoms with Crippen LogP contribution in [0.2, 0.25) is 0 Å². The highest BCUT2D eigenvalue weighted by molar-refractivity contribution is 14.0. The molecule has 27 heavy (non-hydrogen) atoms. The predicted molar refractivity (Wildman–Crippen MR) is 120 cm³/mol. The SMILES string of the molecule is CN=C(NCCCn1nc(C)cc1C)NCC1CCN(S(C)(=O)=O)CC1.I. The molecule has 1 aromatic heterocycles. The maximum atomic E-state index is 11.6. The van der Waals surface area contributed by atoms with Gasteiger partial charge in [0.05, 0.1) is 11.9 Å². The van der Waals surface area contributed by atoms with E-state index in [-0.39, 0.29) is 24.0 Å². The van der Waals surface area contributed by atoms with Gasteiger partial charge in [-0.1, -0.05) is 0 Å². The summed E-state index contributed by atoms with van der Waals surface area (Å²) >= 11 is 0. The van der Waals surface area contributed by atoms with Crippen molar-refractivity contribution in [3.63, 3.8) is 0 Å². The van der Waals surface area contributed by atoms with Gasteiger partial charge in [-0.25, -0.2) is 12.7 Å².